The Morgan fingerprint density at radius 3 is 2.47 bits per heavy atom. The summed E-state index contributed by atoms with van der Waals surface area (Å²) in [6, 6.07) is 0.192. The van der Waals surface area contributed by atoms with Crippen LogP contribution in [-0.2, 0) is 9.84 Å². The van der Waals surface area contributed by atoms with Gasteiger partial charge in [-0.05, 0) is 40.3 Å². The van der Waals surface area contributed by atoms with Crippen LogP contribution >= 0.6 is 0 Å². The molecule has 0 bridgehead atoms. The summed E-state index contributed by atoms with van der Waals surface area (Å²) in [7, 11) is -0.784. The van der Waals surface area contributed by atoms with Crippen molar-refractivity contribution in [2.45, 2.75) is 38.3 Å². The molecule has 0 radical (unpaired) electrons. The standard InChI is InChI=1S/C10H22N2O2S/c1-10(2,11)5-6-12(3)9-4-7-15(13,14)8-9/h9H,4-8,11H2,1-3H3. The number of rotatable bonds is 4. The first-order chi connectivity index (χ1) is 6.70. The first-order valence-electron chi connectivity index (χ1n) is 5.39. The molecule has 90 valence electrons. The molecule has 0 aromatic carbocycles. The highest BCUT2D eigenvalue weighted by Crippen LogP contribution is 2.17. The van der Waals surface area contributed by atoms with Gasteiger partial charge < -0.3 is 10.6 Å². The summed E-state index contributed by atoms with van der Waals surface area (Å²) in [5.74, 6) is 0.655. The van der Waals surface area contributed by atoms with Crippen molar-refractivity contribution in [1.29, 1.82) is 0 Å². The van der Waals surface area contributed by atoms with Crippen LogP contribution in [0.15, 0.2) is 0 Å². The summed E-state index contributed by atoms with van der Waals surface area (Å²) in [4.78, 5) is 2.12. The van der Waals surface area contributed by atoms with Gasteiger partial charge in [0, 0.05) is 11.6 Å². The van der Waals surface area contributed by atoms with Crippen LogP contribution in [0.25, 0.3) is 0 Å². The monoisotopic (exact) mass is 234 g/mol. The van der Waals surface area contributed by atoms with Gasteiger partial charge in [0.25, 0.3) is 0 Å². The van der Waals surface area contributed by atoms with Gasteiger partial charge in [-0.25, -0.2) is 8.42 Å². The number of nitrogens with two attached hydrogens (primary N) is 1. The van der Waals surface area contributed by atoms with E-state index in [1.165, 1.54) is 0 Å². The molecule has 0 aliphatic carbocycles. The van der Waals surface area contributed by atoms with Crippen molar-refractivity contribution < 1.29 is 8.42 Å². The summed E-state index contributed by atoms with van der Waals surface area (Å²) in [5.41, 5.74) is 5.72. The van der Waals surface area contributed by atoms with Gasteiger partial charge >= 0.3 is 0 Å². The SMILES string of the molecule is CN(CCC(C)(C)N)C1CCS(=O)(=O)C1. The predicted octanol–water partition coefficient (Wildman–Crippen LogP) is 0.233. The minimum Gasteiger partial charge on any atom is -0.326 e. The van der Waals surface area contributed by atoms with Crippen LogP contribution in [0.4, 0.5) is 0 Å². The van der Waals surface area contributed by atoms with Gasteiger partial charge in [-0.15, -0.1) is 0 Å². The number of nitrogens with zero attached hydrogens (tertiary/aromatic N) is 1. The molecule has 2 N–H and O–H groups in total. The summed E-state index contributed by atoms with van der Waals surface area (Å²) >= 11 is 0. The van der Waals surface area contributed by atoms with Crippen molar-refractivity contribution in [2.75, 3.05) is 25.1 Å². The summed E-state index contributed by atoms with van der Waals surface area (Å²) < 4.78 is 22.6. The first kappa shape index (κ1) is 12.9. The molecule has 0 aromatic rings. The quantitative estimate of drug-likeness (QED) is 0.756. The Morgan fingerprint density at radius 2 is 2.07 bits per heavy atom. The second kappa shape index (κ2) is 4.39. The molecule has 1 aliphatic heterocycles. The molecular formula is C10H22N2O2S. The maximum absolute atomic E-state index is 11.3. The van der Waals surface area contributed by atoms with Gasteiger partial charge in [-0.2, -0.15) is 0 Å². The molecule has 4 nitrogen and oxygen atoms in total. The number of hydrogen-bond donors (Lipinski definition) is 1. The minimum atomic E-state index is -2.77. The average molecular weight is 234 g/mol. The lowest BCUT2D eigenvalue weighted by Gasteiger charge is -2.27. The topological polar surface area (TPSA) is 63.4 Å². The third-order valence-electron chi connectivity index (χ3n) is 2.94. The van der Waals surface area contributed by atoms with Crippen molar-refractivity contribution in [3.8, 4) is 0 Å². The van der Waals surface area contributed by atoms with Gasteiger partial charge in [0.2, 0.25) is 0 Å². The highest BCUT2D eigenvalue weighted by atomic mass is 32.2. The van der Waals surface area contributed by atoms with Gasteiger partial charge in [-0.1, -0.05) is 0 Å². The van der Waals surface area contributed by atoms with E-state index in [1.54, 1.807) is 0 Å². The van der Waals surface area contributed by atoms with Gasteiger partial charge in [0.15, 0.2) is 9.84 Å². The lowest BCUT2D eigenvalue weighted by Crippen LogP contribution is -2.40. The smallest absolute Gasteiger partial charge is 0.151 e. The number of hydrogen-bond acceptors (Lipinski definition) is 4. The molecule has 0 saturated carbocycles. The van der Waals surface area contributed by atoms with Gasteiger partial charge in [-0.3, -0.25) is 0 Å². The lowest BCUT2D eigenvalue weighted by atomic mass is 10.0. The molecule has 1 unspecified atom stereocenters. The Hall–Kier alpha value is -0.130. The van der Waals surface area contributed by atoms with Crippen LogP contribution in [-0.4, -0.2) is 50.0 Å². The lowest BCUT2D eigenvalue weighted by molar-refractivity contribution is 0.239. The van der Waals surface area contributed by atoms with E-state index in [0.29, 0.717) is 11.5 Å². The van der Waals surface area contributed by atoms with Gasteiger partial charge in [0.05, 0.1) is 11.5 Å². The van der Waals surface area contributed by atoms with Crippen LogP contribution in [0.5, 0.6) is 0 Å². The third-order valence-corrected chi connectivity index (χ3v) is 4.69. The molecule has 15 heavy (non-hydrogen) atoms. The summed E-state index contributed by atoms with van der Waals surface area (Å²) in [6.45, 7) is 4.85. The zero-order valence-corrected chi connectivity index (χ0v) is 10.7. The Kier molecular flexibility index (Phi) is 3.79. The van der Waals surface area contributed by atoms with Crippen molar-refractivity contribution in [3.63, 3.8) is 0 Å². The van der Waals surface area contributed by atoms with Crippen molar-refractivity contribution in [2.24, 2.45) is 5.73 Å². The van der Waals surface area contributed by atoms with Gasteiger partial charge in [0.1, 0.15) is 0 Å². The van der Waals surface area contributed by atoms with Crippen LogP contribution in [0.1, 0.15) is 26.7 Å². The molecule has 1 atom stereocenters. The van der Waals surface area contributed by atoms with E-state index in [9.17, 15) is 8.42 Å². The van der Waals surface area contributed by atoms with E-state index in [-0.39, 0.29) is 11.6 Å². The molecule has 1 rings (SSSR count). The maximum atomic E-state index is 11.3. The Morgan fingerprint density at radius 1 is 1.47 bits per heavy atom. The second-order valence-electron chi connectivity index (χ2n) is 5.28. The molecule has 0 spiro atoms. The van der Waals surface area contributed by atoms with E-state index >= 15 is 0 Å². The predicted molar refractivity (Wildman–Crippen MR) is 62.6 cm³/mol. The van der Waals surface area contributed by atoms with Crippen molar-refractivity contribution in [3.05, 3.63) is 0 Å². The maximum Gasteiger partial charge on any atom is 0.151 e. The van der Waals surface area contributed by atoms with E-state index in [0.717, 1.165) is 19.4 Å². The fourth-order valence-electron chi connectivity index (χ4n) is 1.77. The molecule has 1 heterocycles. The third kappa shape index (κ3) is 4.49. The zero-order valence-electron chi connectivity index (χ0n) is 9.86. The molecule has 5 heteroatoms. The van der Waals surface area contributed by atoms with E-state index in [2.05, 4.69) is 4.90 Å². The summed E-state index contributed by atoms with van der Waals surface area (Å²) in [5, 5.41) is 0. The zero-order chi connectivity index (χ0) is 11.7. The van der Waals surface area contributed by atoms with E-state index < -0.39 is 9.84 Å². The summed E-state index contributed by atoms with van der Waals surface area (Å²) in [6.07, 6.45) is 1.66. The first-order valence-corrected chi connectivity index (χ1v) is 7.21. The normalized spacial score (nSPS) is 26.1. The van der Waals surface area contributed by atoms with E-state index in [1.807, 2.05) is 20.9 Å². The second-order valence-corrected chi connectivity index (χ2v) is 7.50. The number of sulfone groups is 1. The minimum absolute atomic E-state index is 0.175. The van der Waals surface area contributed by atoms with Crippen LogP contribution in [0.2, 0.25) is 0 Å². The molecule has 1 saturated heterocycles. The molecule has 0 aromatic heterocycles. The van der Waals surface area contributed by atoms with Crippen LogP contribution < -0.4 is 5.73 Å². The fraction of sp³-hybridized carbons (Fsp3) is 1.00. The highest BCUT2D eigenvalue weighted by Gasteiger charge is 2.30. The Labute approximate surface area is 92.7 Å². The van der Waals surface area contributed by atoms with E-state index in [4.69, 9.17) is 5.73 Å². The molecule has 1 fully saturated rings. The average Bonchev–Trinajstić information content (AvgIpc) is 2.40. The van der Waals surface area contributed by atoms with Crippen LogP contribution in [0.3, 0.4) is 0 Å². The van der Waals surface area contributed by atoms with Crippen molar-refractivity contribution >= 4 is 9.84 Å². The fourth-order valence-corrected chi connectivity index (χ4v) is 3.58. The molecule has 1 aliphatic rings. The van der Waals surface area contributed by atoms with Crippen molar-refractivity contribution in [1.82, 2.24) is 4.90 Å². The Balaban J connectivity index is 2.39. The molecular weight excluding hydrogens is 212 g/mol. The Bertz CT molecular complexity index is 306. The van der Waals surface area contributed by atoms with Crippen LogP contribution in [0, 0.1) is 0 Å². The highest BCUT2D eigenvalue weighted by molar-refractivity contribution is 7.91. The largest absolute Gasteiger partial charge is 0.326 e. The molecule has 0 amide bonds.